The fourth-order valence-corrected chi connectivity index (χ4v) is 4.31. The van der Waals surface area contributed by atoms with Crippen LogP contribution in [0.15, 0.2) is 48.5 Å². The molecule has 31 heavy (non-hydrogen) atoms. The Labute approximate surface area is 175 Å². The summed E-state index contributed by atoms with van der Waals surface area (Å²) < 4.78 is 44.2. The number of hydrogen-bond acceptors (Lipinski definition) is 3. The lowest BCUT2D eigenvalue weighted by molar-refractivity contribution is -0.137. The normalized spacial score (nSPS) is 22.5. The lowest BCUT2D eigenvalue weighted by Gasteiger charge is -2.31. The third-order valence-electron chi connectivity index (χ3n) is 5.73. The summed E-state index contributed by atoms with van der Waals surface area (Å²) in [7, 11) is 0. The zero-order valence-corrected chi connectivity index (χ0v) is 16.3. The van der Waals surface area contributed by atoms with E-state index in [1.54, 1.807) is 24.3 Å². The maximum atomic E-state index is 12.8. The molecule has 10 heteroatoms. The van der Waals surface area contributed by atoms with E-state index in [4.69, 9.17) is 10.5 Å². The third-order valence-corrected chi connectivity index (χ3v) is 5.73. The van der Waals surface area contributed by atoms with Crippen molar-refractivity contribution in [2.24, 2.45) is 5.73 Å². The molecule has 2 saturated heterocycles. The van der Waals surface area contributed by atoms with Crippen LogP contribution < -0.4 is 10.6 Å². The van der Waals surface area contributed by atoms with Crippen molar-refractivity contribution in [1.82, 2.24) is 4.90 Å². The van der Waals surface area contributed by atoms with Crippen molar-refractivity contribution in [1.29, 1.82) is 0 Å². The Morgan fingerprint density at radius 3 is 2.19 bits per heavy atom. The topological polar surface area (TPSA) is 96.1 Å². The Bertz CT molecular complexity index is 994. The molecule has 2 aliphatic heterocycles. The van der Waals surface area contributed by atoms with Gasteiger partial charge in [-0.2, -0.15) is 13.2 Å². The zero-order valence-electron chi connectivity index (χ0n) is 16.3. The number of nitrogens with zero attached hydrogens (tertiary/aromatic N) is 2. The predicted molar refractivity (Wildman–Crippen MR) is 105 cm³/mol. The van der Waals surface area contributed by atoms with Gasteiger partial charge in [-0.1, -0.05) is 12.1 Å². The van der Waals surface area contributed by atoms with E-state index < -0.39 is 29.5 Å². The monoisotopic (exact) mass is 435 g/mol. The molecule has 164 valence electrons. The number of halogens is 3. The molecule has 2 aromatic carbocycles. The van der Waals surface area contributed by atoms with E-state index in [1.807, 2.05) is 0 Å². The number of alkyl halides is 3. The van der Waals surface area contributed by atoms with Crippen LogP contribution in [0, 0.1) is 0 Å². The molecule has 3 N–H and O–H groups in total. The average molecular weight is 435 g/mol. The number of fused-ring (bicyclic) bond motifs is 2. The first kappa shape index (κ1) is 21.0. The fourth-order valence-electron chi connectivity index (χ4n) is 4.31. The fraction of sp³-hybridized carbons (Fsp3) is 0.333. The summed E-state index contributed by atoms with van der Waals surface area (Å²) in [6.07, 6.45) is -4.31. The minimum absolute atomic E-state index is 0.137. The van der Waals surface area contributed by atoms with Gasteiger partial charge in [0.1, 0.15) is 0 Å². The smallest absolute Gasteiger partial charge is 0.416 e. The number of morpholine rings is 1. The first-order valence-corrected chi connectivity index (χ1v) is 9.57. The van der Waals surface area contributed by atoms with E-state index in [0.29, 0.717) is 31.7 Å². The Balaban J connectivity index is 1.52. The molecule has 2 atom stereocenters. The summed E-state index contributed by atoms with van der Waals surface area (Å²) in [6.45, 7) is 0.668. The molecular weight excluding hydrogens is 415 g/mol. The van der Waals surface area contributed by atoms with E-state index >= 15 is 0 Å². The summed E-state index contributed by atoms with van der Waals surface area (Å²) in [5.74, 6) is 0. The number of likely N-dealkylation sites (tertiary alicyclic amines) is 1. The van der Waals surface area contributed by atoms with Gasteiger partial charge in [0.2, 0.25) is 0 Å². The second kappa shape index (κ2) is 7.45. The van der Waals surface area contributed by atoms with Gasteiger partial charge in [0, 0.05) is 12.8 Å². The van der Waals surface area contributed by atoms with Crippen molar-refractivity contribution in [3.63, 3.8) is 0 Å². The van der Waals surface area contributed by atoms with Gasteiger partial charge in [0.15, 0.2) is 0 Å². The SMILES string of the molecule is NC(=O)N(c1ccc(C[C@]23C[C@H](CO2)N(C(=O)O)C3)cc1)c1ccc(C(F)(F)F)cc1. The summed E-state index contributed by atoms with van der Waals surface area (Å²) in [5, 5.41) is 9.29. The van der Waals surface area contributed by atoms with Crippen molar-refractivity contribution in [3.8, 4) is 0 Å². The van der Waals surface area contributed by atoms with Gasteiger partial charge in [0.25, 0.3) is 0 Å². The average Bonchev–Trinajstić information content (AvgIpc) is 3.27. The number of carbonyl (C=O) groups is 2. The number of anilines is 2. The van der Waals surface area contributed by atoms with Gasteiger partial charge >= 0.3 is 18.3 Å². The third kappa shape index (κ3) is 4.02. The lowest BCUT2D eigenvalue weighted by Crippen LogP contribution is -2.46. The molecule has 2 fully saturated rings. The molecule has 2 bridgehead atoms. The number of carboxylic acid groups (broad SMARTS) is 1. The maximum Gasteiger partial charge on any atom is 0.416 e. The van der Waals surface area contributed by atoms with Gasteiger partial charge in [-0.05, 0) is 42.0 Å². The van der Waals surface area contributed by atoms with Crippen LogP contribution in [-0.4, -0.2) is 46.9 Å². The van der Waals surface area contributed by atoms with Crippen LogP contribution in [0.4, 0.5) is 34.1 Å². The van der Waals surface area contributed by atoms with Gasteiger partial charge in [-0.15, -0.1) is 0 Å². The van der Waals surface area contributed by atoms with E-state index in [-0.39, 0.29) is 11.7 Å². The first-order valence-electron chi connectivity index (χ1n) is 9.57. The van der Waals surface area contributed by atoms with Crippen LogP contribution in [0.25, 0.3) is 0 Å². The van der Waals surface area contributed by atoms with Crippen molar-refractivity contribution >= 4 is 23.5 Å². The summed E-state index contributed by atoms with van der Waals surface area (Å²) in [4.78, 5) is 25.8. The van der Waals surface area contributed by atoms with Gasteiger partial charge in [0.05, 0.1) is 41.7 Å². The van der Waals surface area contributed by atoms with Crippen molar-refractivity contribution < 1.29 is 32.6 Å². The van der Waals surface area contributed by atoms with Crippen LogP contribution in [-0.2, 0) is 17.3 Å². The molecule has 0 unspecified atom stereocenters. The van der Waals surface area contributed by atoms with Crippen LogP contribution in [0.2, 0.25) is 0 Å². The van der Waals surface area contributed by atoms with E-state index in [9.17, 15) is 27.9 Å². The van der Waals surface area contributed by atoms with Gasteiger partial charge in [-0.3, -0.25) is 4.90 Å². The number of ether oxygens (including phenoxy) is 1. The molecule has 2 aliphatic rings. The molecule has 0 radical (unpaired) electrons. The zero-order chi connectivity index (χ0) is 22.4. The Kier molecular flexibility index (Phi) is 5.04. The molecule has 2 heterocycles. The standard InChI is InChI=1S/C21H20F3N3O4/c22-21(23,24)14-3-7-16(8-4-14)27(18(25)28)15-5-1-13(2-6-15)9-20-10-17(11-31-20)26(12-20)19(29)30/h1-8,17H,9-12H2,(H2,25,28)(H,29,30)/t17-,20-/m1/s1. The van der Waals surface area contributed by atoms with Gasteiger partial charge < -0.3 is 20.5 Å². The highest BCUT2D eigenvalue weighted by molar-refractivity contribution is 5.98. The highest BCUT2D eigenvalue weighted by atomic mass is 19.4. The Hall–Kier alpha value is -3.27. The van der Waals surface area contributed by atoms with Crippen LogP contribution in [0.3, 0.4) is 0 Å². The first-order chi connectivity index (χ1) is 14.6. The van der Waals surface area contributed by atoms with E-state index in [1.165, 1.54) is 17.0 Å². The second-order valence-electron chi connectivity index (χ2n) is 7.82. The number of urea groups is 1. The van der Waals surface area contributed by atoms with Crippen LogP contribution in [0.1, 0.15) is 17.5 Å². The molecule has 7 nitrogen and oxygen atoms in total. The van der Waals surface area contributed by atoms with E-state index in [0.717, 1.165) is 22.6 Å². The quantitative estimate of drug-likeness (QED) is 0.759. The number of benzene rings is 2. The number of amides is 3. The number of carbonyl (C=O) groups excluding carboxylic acids is 1. The highest BCUT2D eigenvalue weighted by Crippen LogP contribution is 2.40. The molecular formula is C21H20F3N3O4. The number of nitrogens with two attached hydrogens (primary N) is 1. The maximum absolute atomic E-state index is 12.8. The molecule has 3 amide bonds. The highest BCUT2D eigenvalue weighted by Gasteiger charge is 2.52. The minimum Gasteiger partial charge on any atom is -0.465 e. The predicted octanol–water partition coefficient (Wildman–Crippen LogP) is 3.99. The van der Waals surface area contributed by atoms with E-state index in [2.05, 4.69) is 0 Å². The Morgan fingerprint density at radius 1 is 1.13 bits per heavy atom. The van der Waals surface area contributed by atoms with Crippen molar-refractivity contribution in [2.75, 3.05) is 18.1 Å². The van der Waals surface area contributed by atoms with Crippen molar-refractivity contribution in [3.05, 3.63) is 59.7 Å². The molecule has 0 aromatic heterocycles. The molecule has 2 aromatic rings. The van der Waals surface area contributed by atoms with Crippen molar-refractivity contribution in [2.45, 2.75) is 30.7 Å². The van der Waals surface area contributed by atoms with Crippen LogP contribution in [0.5, 0.6) is 0 Å². The summed E-state index contributed by atoms with van der Waals surface area (Å²) in [6, 6.07) is 10.0. The number of primary amides is 1. The second-order valence-corrected chi connectivity index (χ2v) is 7.82. The molecule has 4 rings (SSSR count). The summed E-state index contributed by atoms with van der Waals surface area (Å²) in [5.41, 5.74) is 5.57. The number of rotatable bonds is 4. The van der Waals surface area contributed by atoms with Gasteiger partial charge in [-0.25, -0.2) is 9.59 Å². The molecule has 0 saturated carbocycles. The summed E-state index contributed by atoms with van der Waals surface area (Å²) >= 11 is 0. The minimum atomic E-state index is -4.48. The lowest BCUT2D eigenvalue weighted by atomic mass is 9.93. The molecule has 0 spiro atoms. The molecule has 0 aliphatic carbocycles. The largest absolute Gasteiger partial charge is 0.465 e. The number of hydrogen-bond donors (Lipinski definition) is 2. The Morgan fingerprint density at radius 2 is 1.71 bits per heavy atom. The van der Waals surface area contributed by atoms with Crippen LogP contribution >= 0.6 is 0 Å².